The van der Waals surface area contributed by atoms with Crippen LogP contribution in [0.15, 0.2) is 0 Å². The number of nitrogen functional groups attached to an aromatic ring is 1. The predicted octanol–water partition coefficient (Wildman–Crippen LogP) is 1.56. The Bertz CT molecular complexity index is 366. The van der Waals surface area contributed by atoms with Crippen molar-refractivity contribution in [1.82, 2.24) is 9.78 Å². The van der Waals surface area contributed by atoms with E-state index in [-0.39, 0.29) is 0 Å². The van der Waals surface area contributed by atoms with Crippen molar-refractivity contribution in [2.75, 3.05) is 24.3 Å². The maximum absolute atomic E-state index is 6.03. The summed E-state index contributed by atoms with van der Waals surface area (Å²) in [6.07, 6.45) is 1.03. The molecule has 90 valence electrons. The normalized spacial score (nSPS) is 20.6. The average molecular weight is 224 g/mol. The summed E-state index contributed by atoms with van der Waals surface area (Å²) in [7, 11) is 0. The lowest BCUT2D eigenvalue weighted by Gasteiger charge is -2.16. The molecule has 1 aliphatic heterocycles. The van der Waals surface area contributed by atoms with Crippen molar-refractivity contribution in [3.05, 3.63) is 5.69 Å². The van der Waals surface area contributed by atoms with E-state index in [9.17, 15) is 0 Å². The second-order valence-corrected chi connectivity index (χ2v) is 4.59. The molecule has 0 amide bonds. The number of nitrogens with one attached hydrogen (secondary N) is 1. The van der Waals surface area contributed by atoms with Crippen LogP contribution in [0.3, 0.4) is 0 Å². The SMILES string of the molecule is Cc1nn(C(C)C)c(NC2CCOC2)c1N. The van der Waals surface area contributed by atoms with Crippen LogP contribution in [-0.2, 0) is 4.74 Å². The third-order valence-electron chi connectivity index (χ3n) is 2.89. The number of nitrogens with zero attached hydrogens (tertiary/aromatic N) is 2. The summed E-state index contributed by atoms with van der Waals surface area (Å²) in [5, 5.41) is 7.87. The fourth-order valence-corrected chi connectivity index (χ4v) is 1.92. The number of anilines is 2. The van der Waals surface area contributed by atoms with Crippen LogP contribution in [0, 0.1) is 6.92 Å². The van der Waals surface area contributed by atoms with Crippen molar-refractivity contribution in [2.24, 2.45) is 0 Å². The molecule has 5 heteroatoms. The van der Waals surface area contributed by atoms with Crippen LogP contribution in [0.5, 0.6) is 0 Å². The quantitative estimate of drug-likeness (QED) is 0.817. The molecule has 0 radical (unpaired) electrons. The lowest BCUT2D eigenvalue weighted by molar-refractivity contribution is 0.195. The molecule has 1 aromatic heterocycles. The molecular formula is C11H20N4O. The number of aryl methyl sites for hydroxylation is 1. The molecule has 1 aromatic rings. The summed E-state index contributed by atoms with van der Waals surface area (Å²) < 4.78 is 7.29. The highest BCUT2D eigenvalue weighted by Gasteiger charge is 2.21. The minimum absolute atomic E-state index is 0.306. The number of rotatable bonds is 3. The first-order valence-corrected chi connectivity index (χ1v) is 5.78. The Morgan fingerprint density at radius 2 is 2.31 bits per heavy atom. The first-order chi connectivity index (χ1) is 7.59. The molecule has 16 heavy (non-hydrogen) atoms. The van der Waals surface area contributed by atoms with Gasteiger partial charge in [-0.1, -0.05) is 0 Å². The fourth-order valence-electron chi connectivity index (χ4n) is 1.92. The van der Waals surface area contributed by atoms with Crippen LogP contribution in [0.4, 0.5) is 11.5 Å². The van der Waals surface area contributed by atoms with Crippen molar-refractivity contribution in [1.29, 1.82) is 0 Å². The number of nitrogens with two attached hydrogens (primary N) is 1. The van der Waals surface area contributed by atoms with Gasteiger partial charge in [0.1, 0.15) is 5.82 Å². The summed E-state index contributed by atoms with van der Waals surface area (Å²) in [5.74, 6) is 0.933. The molecule has 0 aliphatic carbocycles. The van der Waals surface area contributed by atoms with Gasteiger partial charge in [-0.3, -0.25) is 0 Å². The van der Waals surface area contributed by atoms with E-state index < -0.39 is 0 Å². The van der Waals surface area contributed by atoms with Gasteiger partial charge in [-0.25, -0.2) is 4.68 Å². The molecule has 0 spiro atoms. The Morgan fingerprint density at radius 1 is 1.56 bits per heavy atom. The summed E-state index contributed by atoms with van der Waals surface area (Å²) in [4.78, 5) is 0. The minimum Gasteiger partial charge on any atom is -0.394 e. The zero-order valence-corrected chi connectivity index (χ0v) is 10.2. The molecule has 1 aliphatic rings. The van der Waals surface area contributed by atoms with E-state index in [4.69, 9.17) is 10.5 Å². The molecule has 0 saturated carbocycles. The molecule has 1 unspecified atom stereocenters. The summed E-state index contributed by atoms with van der Waals surface area (Å²) in [5.41, 5.74) is 7.67. The van der Waals surface area contributed by atoms with Crippen LogP contribution < -0.4 is 11.1 Å². The number of hydrogen-bond donors (Lipinski definition) is 2. The molecule has 2 rings (SSSR count). The molecule has 1 atom stereocenters. The second-order valence-electron chi connectivity index (χ2n) is 4.59. The van der Waals surface area contributed by atoms with E-state index in [0.29, 0.717) is 12.1 Å². The Morgan fingerprint density at radius 3 is 2.88 bits per heavy atom. The third-order valence-corrected chi connectivity index (χ3v) is 2.89. The van der Waals surface area contributed by atoms with Gasteiger partial charge in [0.15, 0.2) is 0 Å². The van der Waals surface area contributed by atoms with E-state index in [1.165, 1.54) is 0 Å². The highest BCUT2D eigenvalue weighted by Crippen LogP contribution is 2.27. The number of hydrogen-bond acceptors (Lipinski definition) is 4. The third kappa shape index (κ3) is 2.00. The summed E-state index contributed by atoms with van der Waals surface area (Å²) >= 11 is 0. The smallest absolute Gasteiger partial charge is 0.148 e. The highest BCUT2D eigenvalue weighted by atomic mass is 16.5. The van der Waals surface area contributed by atoms with E-state index in [1.807, 2.05) is 11.6 Å². The van der Waals surface area contributed by atoms with Gasteiger partial charge in [-0.2, -0.15) is 5.10 Å². The molecule has 2 heterocycles. The van der Waals surface area contributed by atoms with Crippen molar-refractivity contribution in [3.63, 3.8) is 0 Å². The highest BCUT2D eigenvalue weighted by molar-refractivity contribution is 5.65. The van der Waals surface area contributed by atoms with Gasteiger partial charge in [0.2, 0.25) is 0 Å². The summed E-state index contributed by atoms with van der Waals surface area (Å²) in [6, 6.07) is 0.664. The first kappa shape index (κ1) is 11.3. The van der Waals surface area contributed by atoms with Crippen molar-refractivity contribution < 1.29 is 4.74 Å². The van der Waals surface area contributed by atoms with E-state index in [1.54, 1.807) is 0 Å². The van der Waals surface area contributed by atoms with Gasteiger partial charge >= 0.3 is 0 Å². The summed E-state index contributed by atoms with van der Waals surface area (Å²) in [6.45, 7) is 7.71. The van der Waals surface area contributed by atoms with Crippen molar-refractivity contribution in [3.8, 4) is 0 Å². The molecule has 5 nitrogen and oxygen atoms in total. The number of ether oxygens (including phenoxy) is 1. The Labute approximate surface area is 96.0 Å². The maximum Gasteiger partial charge on any atom is 0.148 e. The molecular weight excluding hydrogens is 204 g/mol. The van der Waals surface area contributed by atoms with Crippen LogP contribution in [0.25, 0.3) is 0 Å². The van der Waals surface area contributed by atoms with E-state index in [0.717, 1.165) is 36.8 Å². The largest absolute Gasteiger partial charge is 0.394 e. The van der Waals surface area contributed by atoms with Gasteiger partial charge in [0.25, 0.3) is 0 Å². The molecule has 1 fully saturated rings. The van der Waals surface area contributed by atoms with Gasteiger partial charge in [-0.05, 0) is 27.2 Å². The van der Waals surface area contributed by atoms with Gasteiger partial charge in [0, 0.05) is 12.6 Å². The zero-order valence-electron chi connectivity index (χ0n) is 10.2. The van der Waals surface area contributed by atoms with Crippen molar-refractivity contribution >= 4 is 11.5 Å². The Kier molecular flexibility index (Phi) is 3.05. The Balaban J connectivity index is 2.23. The zero-order chi connectivity index (χ0) is 11.7. The first-order valence-electron chi connectivity index (χ1n) is 5.78. The van der Waals surface area contributed by atoms with Crippen LogP contribution in [0.1, 0.15) is 32.0 Å². The molecule has 0 bridgehead atoms. The molecule has 1 saturated heterocycles. The fraction of sp³-hybridized carbons (Fsp3) is 0.727. The standard InChI is InChI=1S/C11H20N4O/c1-7(2)15-11(10(12)8(3)14-15)13-9-4-5-16-6-9/h7,9,13H,4-6,12H2,1-3H3. The van der Waals surface area contributed by atoms with Crippen LogP contribution >= 0.6 is 0 Å². The van der Waals surface area contributed by atoms with Gasteiger partial charge in [0.05, 0.1) is 24.0 Å². The van der Waals surface area contributed by atoms with Crippen LogP contribution in [0.2, 0.25) is 0 Å². The molecule has 3 N–H and O–H groups in total. The van der Waals surface area contributed by atoms with E-state index >= 15 is 0 Å². The average Bonchev–Trinajstić information content (AvgIpc) is 2.81. The van der Waals surface area contributed by atoms with E-state index in [2.05, 4.69) is 24.3 Å². The molecule has 0 aromatic carbocycles. The maximum atomic E-state index is 6.03. The predicted molar refractivity (Wildman–Crippen MR) is 64.6 cm³/mol. The lowest BCUT2D eigenvalue weighted by atomic mass is 10.2. The monoisotopic (exact) mass is 224 g/mol. The van der Waals surface area contributed by atoms with Crippen molar-refractivity contribution in [2.45, 2.75) is 39.3 Å². The number of aromatic nitrogens is 2. The minimum atomic E-state index is 0.306. The topological polar surface area (TPSA) is 65.1 Å². The lowest BCUT2D eigenvalue weighted by Crippen LogP contribution is -2.22. The van der Waals surface area contributed by atoms with Gasteiger partial charge < -0.3 is 15.8 Å². The second kappa shape index (κ2) is 4.33. The van der Waals surface area contributed by atoms with Crippen LogP contribution in [-0.4, -0.2) is 29.0 Å². The van der Waals surface area contributed by atoms with Gasteiger partial charge in [-0.15, -0.1) is 0 Å². The Hall–Kier alpha value is -1.23.